The molecule has 0 bridgehead atoms. The fourth-order valence-corrected chi connectivity index (χ4v) is 3.74. The zero-order valence-electron chi connectivity index (χ0n) is 12.7. The van der Waals surface area contributed by atoms with Crippen molar-refractivity contribution in [3.8, 4) is 0 Å². The summed E-state index contributed by atoms with van der Waals surface area (Å²) in [6.45, 7) is 0.839. The molecule has 4 nitrogen and oxygen atoms in total. The molecule has 0 spiro atoms. The molecule has 114 valence electrons. The minimum absolute atomic E-state index is 0.207. The Labute approximate surface area is 130 Å². The fourth-order valence-electron chi connectivity index (χ4n) is 3.74. The van der Waals surface area contributed by atoms with Crippen molar-refractivity contribution >= 4 is 5.91 Å². The van der Waals surface area contributed by atoms with Gasteiger partial charge in [-0.1, -0.05) is 36.8 Å². The van der Waals surface area contributed by atoms with Crippen LogP contribution >= 0.6 is 0 Å². The van der Waals surface area contributed by atoms with E-state index in [1.54, 1.807) is 0 Å². The molecule has 1 aliphatic carbocycles. The largest absolute Gasteiger partial charge is 0.351 e. The first kappa shape index (κ1) is 13.6. The van der Waals surface area contributed by atoms with E-state index in [0.717, 1.165) is 50.0 Å². The Bertz CT molecular complexity index is 673. The van der Waals surface area contributed by atoms with Crippen molar-refractivity contribution in [1.82, 2.24) is 14.9 Å². The van der Waals surface area contributed by atoms with E-state index < -0.39 is 0 Å². The lowest BCUT2D eigenvalue weighted by atomic mass is 9.63. The van der Waals surface area contributed by atoms with Crippen LogP contribution in [-0.2, 0) is 23.2 Å². The normalized spacial score (nSPS) is 22.5. The third-order valence-corrected chi connectivity index (χ3v) is 5.24. The number of carbonyl (C=O) groups is 1. The summed E-state index contributed by atoms with van der Waals surface area (Å²) in [5.74, 6) is 1.34. The van der Waals surface area contributed by atoms with Crippen LogP contribution in [-0.4, -0.2) is 21.5 Å². The van der Waals surface area contributed by atoms with Crippen LogP contribution < -0.4 is 5.32 Å². The van der Waals surface area contributed by atoms with Gasteiger partial charge in [0.05, 0.1) is 5.41 Å². The molecule has 1 atom stereocenters. The van der Waals surface area contributed by atoms with E-state index in [0.29, 0.717) is 0 Å². The molecule has 2 aromatic rings. The number of carbonyl (C=O) groups excluding carboxylic acids is 1. The Kier molecular flexibility index (Phi) is 3.25. The van der Waals surface area contributed by atoms with Crippen molar-refractivity contribution in [3.63, 3.8) is 0 Å². The summed E-state index contributed by atoms with van der Waals surface area (Å²) in [4.78, 5) is 17.3. The topological polar surface area (TPSA) is 46.9 Å². The van der Waals surface area contributed by atoms with Crippen LogP contribution in [0.15, 0.2) is 42.7 Å². The van der Waals surface area contributed by atoms with E-state index in [4.69, 9.17) is 0 Å². The van der Waals surface area contributed by atoms with E-state index in [9.17, 15) is 4.79 Å². The Hall–Kier alpha value is -2.10. The molecule has 0 unspecified atom stereocenters. The average molecular weight is 295 g/mol. The van der Waals surface area contributed by atoms with Crippen molar-refractivity contribution < 1.29 is 4.79 Å². The molecule has 1 N–H and O–H groups in total. The highest BCUT2D eigenvalue weighted by atomic mass is 16.2. The molecule has 1 aromatic heterocycles. The summed E-state index contributed by atoms with van der Waals surface area (Å²) in [6, 6.07) is 10.5. The lowest BCUT2D eigenvalue weighted by Gasteiger charge is -2.42. The van der Waals surface area contributed by atoms with Crippen LogP contribution in [0.1, 0.15) is 37.1 Å². The lowest BCUT2D eigenvalue weighted by Crippen LogP contribution is -2.53. The number of amides is 1. The molecular formula is C18H21N3O. The minimum atomic E-state index is -0.295. The maximum Gasteiger partial charge on any atom is 0.230 e. The van der Waals surface area contributed by atoms with Gasteiger partial charge in [0, 0.05) is 31.4 Å². The summed E-state index contributed by atoms with van der Waals surface area (Å²) in [5, 5.41) is 3.30. The van der Waals surface area contributed by atoms with E-state index in [-0.39, 0.29) is 17.4 Å². The molecule has 1 aromatic carbocycles. The average Bonchev–Trinajstić information content (AvgIpc) is 2.95. The number of benzene rings is 1. The number of aryl methyl sites for hydroxylation is 1. The van der Waals surface area contributed by atoms with Crippen LogP contribution in [0, 0.1) is 0 Å². The van der Waals surface area contributed by atoms with Crippen LogP contribution in [0.5, 0.6) is 0 Å². The number of aromatic nitrogens is 2. The van der Waals surface area contributed by atoms with Gasteiger partial charge in [0.2, 0.25) is 5.91 Å². The third kappa shape index (κ3) is 2.14. The SMILES string of the molecule is O=C(N[C@@H]1CCc2nccn2C1)C1(c2ccccc2)CCC1. The first-order chi connectivity index (χ1) is 10.8. The number of hydrogen-bond donors (Lipinski definition) is 1. The monoisotopic (exact) mass is 295 g/mol. The van der Waals surface area contributed by atoms with Crippen molar-refractivity contribution in [1.29, 1.82) is 0 Å². The Morgan fingerprint density at radius 1 is 1.27 bits per heavy atom. The predicted octanol–water partition coefficient (Wildman–Crippen LogP) is 2.44. The second-order valence-corrected chi connectivity index (χ2v) is 6.51. The highest BCUT2D eigenvalue weighted by molar-refractivity contribution is 5.89. The standard InChI is InChI=1S/C18H21N3O/c22-17(18(9-4-10-18)14-5-2-1-3-6-14)20-15-7-8-16-19-11-12-21(16)13-15/h1-3,5-6,11-12,15H,4,7-10,13H2,(H,20,22)/t15-/m1/s1. The molecular weight excluding hydrogens is 274 g/mol. The number of nitrogens with zero attached hydrogens (tertiary/aromatic N) is 2. The number of hydrogen-bond acceptors (Lipinski definition) is 2. The van der Waals surface area contributed by atoms with Gasteiger partial charge in [0.15, 0.2) is 0 Å². The third-order valence-electron chi connectivity index (χ3n) is 5.24. The van der Waals surface area contributed by atoms with Crippen LogP contribution in [0.2, 0.25) is 0 Å². The van der Waals surface area contributed by atoms with Crippen molar-refractivity contribution in [2.45, 2.75) is 50.1 Å². The number of rotatable bonds is 3. The molecule has 22 heavy (non-hydrogen) atoms. The Morgan fingerprint density at radius 2 is 2.09 bits per heavy atom. The number of imidazole rings is 1. The van der Waals surface area contributed by atoms with Crippen LogP contribution in [0.3, 0.4) is 0 Å². The van der Waals surface area contributed by atoms with Gasteiger partial charge in [-0.3, -0.25) is 4.79 Å². The summed E-state index contributed by atoms with van der Waals surface area (Å²) in [5.41, 5.74) is 0.870. The highest BCUT2D eigenvalue weighted by Crippen LogP contribution is 2.44. The summed E-state index contributed by atoms with van der Waals surface area (Å²) >= 11 is 0. The second-order valence-electron chi connectivity index (χ2n) is 6.51. The molecule has 1 amide bonds. The van der Waals surface area contributed by atoms with Gasteiger partial charge in [-0.2, -0.15) is 0 Å². The Balaban J connectivity index is 1.50. The predicted molar refractivity (Wildman–Crippen MR) is 84.4 cm³/mol. The van der Waals surface area contributed by atoms with Gasteiger partial charge in [-0.25, -0.2) is 4.98 Å². The van der Waals surface area contributed by atoms with Crippen molar-refractivity contribution in [2.75, 3.05) is 0 Å². The summed E-state index contributed by atoms with van der Waals surface area (Å²) in [6.07, 6.45) is 8.83. The van der Waals surface area contributed by atoms with Crippen molar-refractivity contribution in [2.24, 2.45) is 0 Å². The zero-order chi connectivity index (χ0) is 15.0. The Morgan fingerprint density at radius 3 is 2.82 bits per heavy atom. The highest BCUT2D eigenvalue weighted by Gasteiger charge is 2.46. The second kappa shape index (κ2) is 5.27. The van der Waals surface area contributed by atoms with E-state index in [2.05, 4.69) is 27.0 Å². The first-order valence-corrected chi connectivity index (χ1v) is 8.14. The van der Waals surface area contributed by atoms with Gasteiger partial charge in [0.25, 0.3) is 0 Å². The molecule has 4 rings (SSSR count). The molecule has 1 fully saturated rings. The first-order valence-electron chi connectivity index (χ1n) is 8.14. The van der Waals surface area contributed by atoms with Gasteiger partial charge in [-0.15, -0.1) is 0 Å². The van der Waals surface area contributed by atoms with E-state index in [1.807, 2.05) is 30.6 Å². The summed E-state index contributed by atoms with van der Waals surface area (Å²) in [7, 11) is 0. The molecule has 1 aliphatic heterocycles. The minimum Gasteiger partial charge on any atom is -0.351 e. The molecule has 0 saturated heterocycles. The van der Waals surface area contributed by atoms with Crippen LogP contribution in [0.4, 0.5) is 0 Å². The van der Waals surface area contributed by atoms with Gasteiger partial charge in [0.1, 0.15) is 5.82 Å². The smallest absolute Gasteiger partial charge is 0.230 e. The number of nitrogens with one attached hydrogen (secondary N) is 1. The number of fused-ring (bicyclic) bond motifs is 1. The summed E-state index contributed by atoms with van der Waals surface area (Å²) < 4.78 is 2.16. The quantitative estimate of drug-likeness (QED) is 0.945. The van der Waals surface area contributed by atoms with Gasteiger partial charge >= 0.3 is 0 Å². The van der Waals surface area contributed by atoms with E-state index >= 15 is 0 Å². The zero-order valence-corrected chi connectivity index (χ0v) is 12.7. The van der Waals surface area contributed by atoms with E-state index in [1.165, 1.54) is 0 Å². The molecule has 4 heteroatoms. The molecule has 1 saturated carbocycles. The fraction of sp³-hybridized carbons (Fsp3) is 0.444. The molecule has 2 heterocycles. The molecule has 2 aliphatic rings. The maximum atomic E-state index is 12.9. The van der Waals surface area contributed by atoms with Gasteiger partial charge < -0.3 is 9.88 Å². The van der Waals surface area contributed by atoms with Crippen LogP contribution in [0.25, 0.3) is 0 Å². The lowest BCUT2D eigenvalue weighted by molar-refractivity contribution is -0.130. The maximum absolute atomic E-state index is 12.9. The van der Waals surface area contributed by atoms with Crippen molar-refractivity contribution in [3.05, 3.63) is 54.1 Å². The molecule has 0 radical (unpaired) electrons. The van der Waals surface area contributed by atoms with Gasteiger partial charge in [-0.05, 0) is 24.8 Å².